The fourth-order valence-electron chi connectivity index (χ4n) is 1.60. The predicted molar refractivity (Wildman–Crippen MR) is 63.1 cm³/mol. The maximum absolute atomic E-state index is 11.9. The zero-order valence-electron chi connectivity index (χ0n) is 10.9. The van der Waals surface area contributed by atoms with E-state index in [9.17, 15) is 13.2 Å². The van der Waals surface area contributed by atoms with Crippen LogP contribution < -0.4 is 5.32 Å². The van der Waals surface area contributed by atoms with E-state index in [0.29, 0.717) is 6.04 Å². The van der Waals surface area contributed by atoms with E-state index in [1.54, 1.807) is 0 Å². The second-order valence-corrected chi connectivity index (χ2v) is 4.49. The smallest absolute Gasteiger partial charge is 0.378 e. The molecular weight excluding hydrogens is 231 g/mol. The monoisotopic (exact) mass is 255 g/mol. The molecule has 0 saturated carbocycles. The van der Waals surface area contributed by atoms with Crippen molar-refractivity contribution in [1.29, 1.82) is 0 Å². The standard InChI is InChI=1S/C12H24F3NO/c1-4-7-16-10(2)9-11(3)17-8-5-6-12(13,14)15/h10-11,16H,4-9H2,1-3H3. The largest absolute Gasteiger partial charge is 0.389 e. The number of hydrogen-bond acceptors (Lipinski definition) is 2. The van der Waals surface area contributed by atoms with Gasteiger partial charge in [-0.3, -0.25) is 0 Å². The molecule has 0 aliphatic heterocycles. The van der Waals surface area contributed by atoms with E-state index in [2.05, 4.69) is 19.2 Å². The van der Waals surface area contributed by atoms with Crippen molar-refractivity contribution in [2.24, 2.45) is 0 Å². The molecule has 2 nitrogen and oxygen atoms in total. The van der Waals surface area contributed by atoms with E-state index in [1.165, 1.54) is 0 Å². The molecule has 104 valence electrons. The van der Waals surface area contributed by atoms with Gasteiger partial charge >= 0.3 is 6.18 Å². The number of halogens is 3. The van der Waals surface area contributed by atoms with Gasteiger partial charge in [0.2, 0.25) is 0 Å². The second kappa shape index (κ2) is 8.75. The first kappa shape index (κ1) is 16.7. The highest BCUT2D eigenvalue weighted by Gasteiger charge is 2.26. The molecule has 0 fully saturated rings. The maximum Gasteiger partial charge on any atom is 0.389 e. The molecule has 0 radical (unpaired) electrons. The number of alkyl halides is 3. The van der Waals surface area contributed by atoms with Crippen molar-refractivity contribution in [3.8, 4) is 0 Å². The summed E-state index contributed by atoms with van der Waals surface area (Å²) in [6.07, 6.45) is -2.88. The van der Waals surface area contributed by atoms with Gasteiger partial charge in [0, 0.05) is 19.1 Å². The molecule has 0 aromatic carbocycles. The van der Waals surface area contributed by atoms with Crippen LogP contribution in [0.4, 0.5) is 13.2 Å². The van der Waals surface area contributed by atoms with Gasteiger partial charge in [0.05, 0.1) is 6.10 Å². The first-order valence-corrected chi connectivity index (χ1v) is 6.27. The summed E-state index contributed by atoms with van der Waals surface area (Å²) in [6, 6.07) is 0.340. The Labute approximate surface area is 102 Å². The molecule has 2 atom stereocenters. The quantitative estimate of drug-likeness (QED) is 0.637. The molecule has 0 aliphatic carbocycles. The van der Waals surface area contributed by atoms with E-state index < -0.39 is 12.6 Å². The van der Waals surface area contributed by atoms with Crippen molar-refractivity contribution in [3.63, 3.8) is 0 Å². The third kappa shape index (κ3) is 12.0. The van der Waals surface area contributed by atoms with E-state index in [4.69, 9.17) is 4.74 Å². The normalized spacial score (nSPS) is 15.9. The summed E-state index contributed by atoms with van der Waals surface area (Å²) >= 11 is 0. The van der Waals surface area contributed by atoms with Gasteiger partial charge in [-0.25, -0.2) is 0 Å². The van der Waals surface area contributed by atoms with Crippen LogP contribution in [0.5, 0.6) is 0 Å². The van der Waals surface area contributed by atoms with Crippen LogP contribution in [0.2, 0.25) is 0 Å². The minimum Gasteiger partial charge on any atom is -0.378 e. The van der Waals surface area contributed by atoms with Crippen LogP contribution >= 0.6 is 0 Å². The number of nitrogens with one attached hydrogen (secondary N) is 1. The molecule has 0 amide bonds. The molecule has 17 heavy (non-hydrogen) atoms. The van der Waals surface area contributed by atoms with Gasteiger partial charge in [-0.2, -0.15) is 13.2 Å². The van der Waals surface area contributed by atoms with Crippen molar-refractivity contribution in [1.82, 2.24) is 5.32 Å². The topological polar surface area (TPSA) is 21.3 Å². The maximum atomic E-state index is 11.9. The lowest BCUT2D eigenvalue weighted by atomic mass is 10.1. The zero-order valence-corrected chi connectivity index (χ0v) is 10.9. The molecule has 0 aromatic rings. The SMILES string of the molecule is CCCNC(C)CC(C)OCCCC(F)(F)F. The first-order valence-electron chi connectivity index (χ1n) is 6.27. The Balaban J connectivity index is 3.49. The van der Waals surface area contributed by atoms with Crippen molar-refractivity contribution in [2.45, 2.75) is 64.8 Å². The van der Waals surface area contributed by atoms with Crippen molar-refractivity contribution < 1.29 is 17.9 Å². The Hall–Kier alpha value is -0.290. The van der Waals surface area contributed by atoms with Gasteiger partial charge in [-0.15, -0.1) is 0 Å². The van der Waals surface area contributed by atoms with Gasteiger partial charge < -0.3 is 10.1 Å². The van der Waals surface area contributed by atoms with E-state index in [1.807, 2.05) is 6.92 Å². The average Bonchev–Trinajstić information content (AvgIpc) is 2.20. The van der Waals surface area contributed by atoms with Crippen LogP contribution in [0.3, 0.4) is 0 Å². The van der Waals surface area contributed by atoms with Crippen molar-refractivity contribution in [3.05, 3.63) is 0 Å². The van der Waals surface area contributed by atoms with Crippen LogP contribution in [0, 0.1) is 0 Å². The van der Waals surface area contributed by atoms with Crippen LogP contribution in [-0.2, 0) is 4.74 Å². The second-order valence-electron chi connectivity index (χ2n) is 4.49. The van der Waals surface area contributed by atoms with E-state index in [-0.39, 0.29) is 19.1 Å². The number of hydrogen-bond donors (Lipinski definition) is 1. The summed E-state index contributed by atoms with van der Waals surface area (Å²) in [4.78, 5) is 0. The fraction of sp³-hybridized carbons (Fsp3) is 1.00. The molecule has 0 aromatic heterocycles. The summed E-state index contributed by atoms with van der Waals surface area (Å²) in [5.41, 5.74) is 0. The summed E-state index contributed by atoms with van der Waals surface area (Å²) < 4.78 is 40.9. The minimum atomic E-state index is -4.07. The highest BCUT2D eigenvalue weighted by molar-refractivity contribution is 4.64. The number of rotatable bonds is 9. The Kier molecular flexibility index (Phi) is 8.60. The Bertz CT molecular complexity index is 185. The molecule has 0 spiro atoms. The summed E-state index contributed by atoms with van der Waals surface area (Å²) in [5, 5.41) is 3.32. The molecule has 0 heterocycles. The van der Waals surface area contributed by atoms with Crippen LogP contribution in [0.25, 0.3) is 0 Å². The van der Waals surface area contributed by atoms with Gasteiger partial charge in [-0.05, 0) is 39.7 Å². The van der Waals surface area contributed by atoms with Crippen molar-refractivity contribution >= 4 is 0 Å². The third-order valence-electron chi connectivity index (χ3n) is 2.44. The zero-order chi connectivity index (χ0) is 13.3. The summed E-state index contributed by atoms with van der Waals surface area (Å²) in [5.74, 6) is 0. The molecule has 1 N–H and O–H groups in total. The third-order valence-corrected chi connectivity index (χ3v) is 2.44. The van der Waals surface area contributed by atoms with Gasteiger partial charge in [0.15, 0.2) is 0 Å². The lowest BCUT2D eigenvalue weighted by Gasteiger charge is -2.19. The van der Waals surface area contributed by atoms with Crippen LogP contribution in [0.1, 0.15) is 46.5 Å². The van der Waals surface area contributed by atoms with E-state index >= 15 is 0 Å². The van der Waals surface area contributed by atoms with Gasteiger partial charge in [0.25, 0.3) is 0 Å². The van der Waals surface area contributed by atoms with Crippen LogP contribution in [-0.4, -0.2) is 31.5 Å². The lowest BCUT2D eigenvalue weighted by molar-refractivity contribution is -0.138. The average molecular weight is 255 g/mol. The molecule has 0 bridgehead atoms. The number of ether oxygens (including phenoxy) is 1. The summed E-state index contributed by atoms with van der Waals surface area (Å²) in [6.45, 7) is 7.20. The molecule has 2 unspecified atom stereocenters. The highest BCUT2D eigenvalue weighted by atomic mass is 19.4. The molecule has 0 saturated heterocycles. The Morgan fingerprint density at radius 2 is 1.88 bits per heavy atom. The Morgan fingerprint density at radius 1 is 1.24 bits per heavy atom. The lowest BCUT2D eigenvalue weighted by Crippen LogP contribution is -2.30. The predicted octanol–water partition coefficient (Wildman–Crippen LogP) is 3.51. The summed E-state index contributed by atoms with van der Waals surface area (Å²) in [7, 11) is 0. The van der Waals surface area contributed by atoms with Gasteiger partial charge in [0.1, 0.15) is 0 Å². The minimum absolute atomic E-state index is 0.00240. The first-order chi connectivity index (χ1) is 7.85. The molecule has 5 heteroatoms. The van der Waals surface area contributed by atoms with Crippen LogP contribution in [0.15, 0.2) is 0 Å². The highest BCUT2D eigenvalue weighted by Crippen LogP contribution is 2.21. The molecule has 0 rings (SSSR count). The van der Waals surface area contributed by atoms with Gasteiger partial charge in [-0.1, -0.05) is 6.92 Å². The van der Waals surface area contributed by atoms with E-state index in [0.717, 1.165) is 19.4 Å². The Morgan fingerprint density at radius 3 is 2.41 bits per heavy atom. The molecule has 0 aliphatic rings. The fourth-order valence-corrected chi connectivity index (χ4v) is 1.60. The van der Waals surface area contributed by atoms with Crippen molar-refractivity contribution in [2.75, 3.05) is 13.2 Å². The molecular formula is C12H24F3NO.